The van der Waals surface area contributed by atoms with Gasteiger partial charge in [-0.2, -0.15) is 0 Å². The fourth-order valence-corrected chi connectivity index (χ4v) is 3.63. The number of benzene rings is 1. The van der Waals surface area contributed by atoms with Gasteiger partial charge >= 0.3 is 0 Å². The lowest BCUT2D eigenvalue weighted by atomic mass is 10.1. The van der Waals surface area contributed by atoms with E-state index in [1.165, 1.54) is 6.33 Å². The molecule has 2 aliphatic heterocycles. The monoisotopic (exact) mass is 381 g/mol. The molecular weight excluding hydrogens is 362 g/mol. The van der Waals surface area contributed by atoms with E-state index >= 15 is 0 Å². The van der Waals surface area contributed by atoms with E-state index in [1.54, 1.807) is 10.9 Å². The highest BCUT2D eigenvalue weighted by molar-refractivity contribution is 5.81. The normalized spacial score (nSPS) is 29.7. The van der Waals surface area contributed by atoms with Crippen molar-refractivity contribution in [3.8, 4) is 0 Å². The largest absolute Gasteiger partial charge is 0.394 e. The van der Waals surface area contributed by atoms with E-state index in [4.69, 9.17) is 19.9 Å². The minimum Gasteiger partial charge on any atom is -0.394 e. The summed E-state index contributed by atoms with van der Waals surface area (Å²) >= 11 is 0. The summed E-state index contributed by atoms with van der Waals surface area (Å²) in [6, 6.07) is 9.89. The lowest BCUT2D eigenvalue weighted by Crippen LogP contribution is -2.30. The van der Waals surface area contributed by atoms with Crippen LogP contribution in [0.2, 0.25) is 0 Å². The second-order valence-electron chi connectivity index (χ2n) is 6.67. The van der Waals surface area contributed by atoms with Gasteiger partial charge in [0.25, 0.3) is 0 Å². The van der Waals surface area contributed by atoms with Gasteiger partial charge in [-0.25, -0.2) is 15.0 Å². The maximum absolute atomic E-state index is 9.73. The number of nitrogens with two attached hydrogens (primary N) is 1. The highest BCUT2D eigenvalue weighted by Gasteiger charge is 2.53. The summed E-state index contributed by atoms with van der Waals surface area (Å²) in [6.07, 6.45) is 4.34. The molecule has 2 aromatic heterocycles. The number of fused-ring (bicyclic) bond motifs is 2. The smallest absolute Gasteiger partial charge is 0.178 e. The zero-order valence-electron chi connectivity index (χ0n) is 14.8. The van der Waals surface area contributed by atoms with Crippen LogP contribution in [0.15, 0.2) is 49.1 Å². The van der Waals surface area contributed by atoms with E-state index < -0.39 is 30.8 Å². The summed E-state index contributed by atoms with van der Waals surface area (Å²) in [7, 11) is 0. The number of hydrogen-bond acceptors (Lipinski definition) is 8. The van der Waals surface area contributed by atoms with Gasteiger partial charge < -0.3 is 25.1 Å². The molecule has 28 heavy (non-hydrogen) atoms. The predicted octanol–water partition coefficient (Wildman–Crippen LogP) is 1.12. The molecular formula is C19H19N5O4. The van der Waals surface area contributed by atoms with Crippen molar-refractivity contribution >= 4 is 23.1 Å². The van der Waals surface area contributed by atoms with Crippen LogP contribution in [-0.4, -0.2) is 55.8 Å². The number of anilines is 1. The topological polar surface area (TPSA) is 118 Å². The second-order valence-corrected chi connectivity index (χ2v) is 6.67. The fraction of sp³-hybridized carbons (Fsp3) is 0.316. The molecule has 3 N–H and O–H groups in total. The van der Waals surface area contributed by atoms with Crippen molar-refractivity contribution in [2.75, 3.05) is 12.3 Å². The molecule has 0 amide bonds. The Hall–Kier alpha value is -2.85. The Kier molecular flexibility index (Phi) is 4.29. The molecule has 2 fully saturated rings. The van der Waals surface area contributed by atoms with Crippen LogP contribution in [0.25, 0.3) is 17.2 Å². The number of aliphatic hydroxyl groups excluding tert-OH is 1. The molecule has 9 heteroatoms. The van der Waals surface area contributed by atoms with Gasteiger partial charge in [0.15, 0.2) is 24.0 Å². The quantitative estimate of drug-likeness (QED) is 0.690. The molecule has 1 aromatic carbocycles. The van der Waals surface area contributed by atoms with Gasteiger partial charge in [-0.3, -0.25) is 4.57 Å². The Labute approximate surface area is 160 Å². The lowest BCUT2D eigenvalue weighted by Gasteiger charge is -2.19. The molecule has 0 saturated carbocycles. The van der Waals surface area contributed by atoms with Crippen molar-refractivity contribution < 1.29 is 19.3 Å². The predicted molar refractivity (Wildman–Crippen MR) is 99.7 cm³/mol. The Bertz CT molecular complexity index is 1010. The van der Waals surface area contributed by atoms with Crippen molar-refractivity contribution in [3.63, 3.8) is 0 Å². The summed E-state index contributed by atoms with van der Waals surface area (Å²) in [5, 5.41) is 9.73. The molecule has 5 rings (SSSR count). The van der Waals surface area contributed by atoms with E-state index in [9.17, 15) is 5.11 Å². The molecule has 0 bridgehead atoms. The average molecular weight is 381 g/mol. The summed E-state index contributed by atoms with van der Waals surface area (Å²) in [5.41, 5.74) is 7.96. The third-order valence-corrected chi connectivity index (χ3v) is 4.95. The molecule has 0 radical (unpaired) electrons. The molecule has 3 aromatic rings. The van der Waals surface area contributed by atoms with Crippen LogP contribution in [0.1, 0.15) is 11.8 Å². The van der Waals surface area contributed by atoms with Gasteiger partial charge in [0.05, 0.1) is 12.9 Å². The minimum absolute atomic E-state index is 0.181. The number of ether oxygens (including phenoxy) is 3. The summed E-state index contributed by atoms with van der Waals surface area (Å²) in [6.45, 7) is -0.181. The maximum Gasteiger partial charge on any atom is 0.178 e. The van der Waals surface area contributed by atoms with Crippen molar-refractivity contribution in [2.24, 2.45) is 0 Å². The summed E-state index contributed by atoms with van der Waals surface area (Å²) in [4.78, 5) is 12.5. The third-order valence-electron chi connectivity index (χ3n) is 4.95. The second kappa shape index (κ2) is 6.95. The van der Waals surface area contributed by atoms with Gasteiger partial charge in [-0.15, -0.1) is 0 Å². The number of imidazole rings is 1. The number of aliphatic hydroxyl groups is 1. The fourth-order valence-electron chi connectivity index (χ4n) is 3.63. The summed E-state index contributed by atoms with van der Waals surface area (Å²) in [5.74, 6) is 0.296. The van der Waals surface area contributed by atoms with Gasteiger partial charge in [0, 0.05) is 0 Å². The highest BCUT2D eigenvalue weighted by atomic mass is 16.8. The van der Waals surface area contributed by atoms with Gasteiger partial charge in [-0.05, 0) is 11.6 Å². The SMILES string of the molecule is Nc1ncnc2c1ncn2[C@@H]1O[C@H](CO)C2OC(C=Cc3ccccc3)O[C@@H]21. The molecule has 2 unspecified atom stereocenters. The Balaban J connectivity index is 1.42. The minimum atomic E-state index is -0.545. The van der Waals surface area contributed by atoms with Gasteiger partial charge in [0.2, 0.25) is 0 Å². The Morgan fingerprint density at radius 2 is 1.89 bits per heavy atom. The van der Waals surface area contributed by atoms with E-state index in [0.29, 0.717) is 17.0 Å². The molecule has 0 spiro atoms. The van der Waals surface area contributed by atoms with E-state index in [0.717, 1.165) is 5.56 Å². The Morgan fingerprint density at radius 3 is 2.71 bits per heavy atom. The van der Waals surface area contributed by atoms with Crippen LogP contribution in [0.5, 0.6) is 0 Å². The standard InChI is InChI=1S/C19H19N5O4/c20-17-14-18(22-9-21-17)24(10-23-14)19-16-15(12(8-25)26-19)27-13(28-16)7-6-11-4-2-1-3-5-11/h1-7,9-10,12-13,15-16,19,25H,8H2,(H2,20,21,22)/t12-,13?,15?,16+,19-/m1/s1. The number of hydrogen-bond donors (Lipinski definition) is 2. The first-order chi connectivity index (χ1) is 13.7. The highest BCUT2D eigenvalue weighted by Crippen LogP contribution is 2.40. The number of nitrogen functional groups attached to an aromatic ring is 1. The zero-order valence-corrected chi connectivity index (χ0v) is 14.8. The molecule has 4 heterocycles. The first-order valence-electron chi connectivity index (χ1n) is 8.98. The van der Waals surface area contributed by atoms with Crippen LogP contribution < -0.4 is 5.73 Å². The molecule has 0 aliphatic carbocycles. The van der Waals surface area contributed by atoms with Crippen molar-refractivity contribution in [2.45, 2.75) is 30.8 Å². The molecule has 9 nitrogen and oxygen atoms in total. The van der Waals surface area contributed by atoms with E-state index in [2.05, 4.69) is 15.0 Å². The lowest BCUT2D eigenvalue weighted by molar-refractivity contribution is -0.133. The van der Waals surface area contributed by atoms with Crippen molar-refractivity contribution in [1.29, 1.82) is 0 Å². The Morgan fingerprint density at radius 1 is 1.07 bits per heavy atom. The third kappa shape index (κ3) is 2.85. The van der Waals surface area contributed by atoms with Crippen LogP contribution in [0, 0.1) is 0 Å². The van der Waals surface area contributed by atoms with Crippen LogP contribution in [0.4, 0.5) is 5.82 Å². The number of rotatable bonds is 4. The maximum atomic E-state index is 9.73. The van der Waals surface area contributed by atoms with Gasteiger partial charge in [0.1, 0.15) is 30.2 Å². The summed E-state index contributed by atoms with van der Waals surface area (Å²) < 4.78 is 19.8. The molecule has 144 valence electrons. The first kappa shape index (κ1) is 17.3. The van der Waals surface area contributed by atoms with E-state index in [-0.39, 0.29) is 6.61 Å². The molecule has 2 aliphatic rings. The van der Waals surface area contributed by atoms with Crippen molar-refractivity contribution in [3.05, 3.63) is 54.6 Å². The van der Waals surface area contributed by atoms with Crippen LogP contribution >= 0.6 is 0 Å². The van der Waals surface area contributed by atoms with Crippen molar-refractivity contribution in [1.82, 2.24) is 19.5 Å². The molecule has 5 atom stereocenters. The van der Waals surface area contributed by atoms with Crippen LogP contribution in [0.3, 0.4) is 0 Å². The molecule has 2 saturated heterocycles. The van der Waals surface area contributed by atoms with E-state index in [1.807, 2.05) is 42.5 Å². The van der Waals surface area contributed by atoms with Gasteiger partial charge in [-0.1, -0.05) is 36.4 Å². The number of aromatic nitrogens is 4. The first-order valence-corrected chi connectivity index (χ1v) is 8.98. The average Bonchev–Trinajstić information content (AvgIpc) is 3.41. The van der Waals surface area contributed by atoms with Crippen LogP contribution in [-0.2, 0) is 14.2 Å². The zero-order chi connectivity index (χ0) is 19.1. The number of nitrogens with zero attached hydrogens (tertiary/aromatic N) is 4.